The minimum atomic E-state index is -0.224. The lowest BCUT2D eigenvalue weighted by molar-refractivity contribution is 0.102. The molecule has 1 amide bonds. The lowest BCUT2D eigenvalue weighted by Crippen LogP contribution is -2.15. The number of hydrogen-bond donors (Lipinski definition) is 2. The average Bonchev–Trinajstić information content (AvgIpc) is 2.81. The lowest BCUT2D eigenvalue weighted by atomic mass is 10.3. The fourth-order valence-corrected chi connectivity index (χ4v) is 2.04. The third-order valence-electron chi connectivity index (χ3n) is 2.20. The molecule has 0 radical (unpaired) electrons. The van der Waals surface area contributed by atoms with E-state index in [1.54, 1.807) is 6.07 Å². The summed E-state index contributed by atoms with van der Waals surface area (Å²) >= 11 is 1.53. The third-order valence-corrected chi connectivity index (χ3v) is 2.88. The second-order valence-electron chi connectivity index (χ2n) is 3.71. The average molecular weight is 262 g/mol. The number of aryl methyl sites for hydroxylation is 1. The second kappa shape index (κ2) is 5.59. The number of amides is 1. The van der Waals surface area contributed by atoms with Crippen LogP contribution < -0.4 is 10.6 Å². The predicted octanol–water partition coefficient (Wildman–Crippen LogP) is 2.53. The van der Waals surface area contributed by atoms with Crippen LogP contribution in [-0.2, 0) is 0 Å². The summed E-state index contributed by atoms with van der Waals surface area (Å²) in [5.41, 5.74) is 1.91. The molecule has 2 aromatic rings. The van der Waals surface area contributed by atoms with Crippen molar-refractivity contribution in [2.75, 3.05) is 17.2 Å². The Labute approximate surface area is 109 Å². The molecule has 0 unspecified atom stereocenters. The van der Waals surface area contributed by atoms with Gasteiger partial charge in [0.1, 0.15) is 5.69 Å². The van der Waals surface area contributed by atoms with E-state index in [0.717, 1.165) is 17.9 Å². The normalized spacial score (nSPS) is 10.1. The summed E-state index contributed by atoms with van der Waals surface area (Å²) in [5.74, 6) is 0.256. The summed E-state index contributed by atoms with van der Waals surface area (Å²) in [7, 11) is 0. The zero-order valence-electron chi connectivity index (χ0n) is 10.2. The van der Waals surface area contributed by atoms with Crippen molar-refractivity contribution in [2.24, 2.45) is 0 Å². The Bertz CT molecular complexity index is 539. The third kappa shape index (κ3) is 3.04. The zero-order valence-corrected chi connectivity index (χ0v) is 11.0. The molecular weight excluding hydrogens is 248 g/mol. The Hall–Kier alpha value is -1.95. The van der Waals surface area contributed by atoms with Crippen LogP contribution in [0.2, 0.25) is 0 Å². The van der Waals surface area contributed by atoms with Gasteiger partial charge in [-0.1, -0.05) is 0 Å². The van der Waals surface area contributed by atoms with E-state index in [1.165, 1.54) is 11.3 Å². The molecule has 18 heavy (non-hydrogen) atoms. The fourth-order valence-electron chi connectivity index (χ4n) is 1.45. The van der Waals surface area contributed by atoms with Gasteiger partial charge in [-0.3, -0.25) is 4.79 Å². The van der Waals surface area contributed by atoms with E-state index in [2.05, 4.69) is 20.6 Å². The summed E-state index contributed by atoms with van der Waals surface area (Å²) in [6.07, 6.45) is 0. The molecular formula is C12H14N4OS. The molecule has 5 nitrogen and oxygen atoms in total. The van der Waals surface area contributed by atoms with Gasteiger partial charge in [0.05, 0.1) is 5.69 Å². The zero-order chi connectivity index (χ0) is 13.0. The second-order valence-corrected chi connectivity index (χ2v) is 4.49. The Morgan fingerprint density at radius 1 is 1.44 bits per heavy atom. The molecule has 0 bridgehead atoms. The summed E-state index contributed by atoms with van der Waals surface area (Å²) in [6, 6.07) is 3.52. The molecule has 0 saturated heterocycles. The van der Waals surface area contributed by atoms with Crippen LogP contribution in [0.4, 0.5) is 11.6 Å². The van der Waals surface area contributed by atoms with E-state index in [1.807, 2.05) is 30.7 Å². The first-order valence-corrected chi connectivity index (χ1v) is 6.56. The first-order chi connectivity index (χ1) is 8.69. The van der Waals surface area contributed by atoms with Crippen LogP contribution in [0.5, 0.6) is 0 Å². The highest BCUT2D eigenvalue weighted by atomic mass is 32.1. The van der Waals surface area contributed by atoms with Crippen molar-refractivity contribution in [1.29, 1.82) is 0 Å². The van der Waals surface area contributed by atoms with E-state index < -0.39 is 0 Å². The maximum atomic E-state index is 12.0. The van der Waals surface area contributed by atoms with Crippen LogP contribution in [0.15, 0.2) is 22.9 Å². The Morgan fingerprint density at radius 2 is 2.28 bits per heavy atom. The molecule has 0 aromatic carbocycles. The number of carbonyl (C=O) groups is 1. The molecule has 0 aliphatic rings. The number of anilines is 2. The van der Waals surface area contributed by atoms with E-state index in [0.29, 0.717) is 11.6 Å². The van der Waals surface area contributed by atoms with Gasteiger partial charge in [-0.15, -0.1) is 0 Å². The van der Waals surface area contributed by atoms with Gasteiger partial charge in [0.2, 0.25) is 5.95 Å². The highest BCUT2D eigenvalue weighted by molar-refractivity contribution is 7.08. The van der Waals surface area contributed by atoms with E-state index in [9.17, 15) is 4.79 Å². The quantitative estimate of drug-likeness (QED) is 0.888. The van der Waals surface area contributed by atoms with Gasteiger partial charge in [0.25, 0.3) is 5.91 Å². The van der Waals surface area contributed by atoms with Crippen LogP contribution in [0.25, 0.3) is 0 Å². The monoisotopic (exact) mass is 262 g/mol. The first-order valence-electron chi connectivity index (χ1n) is 5.62. The molecule has 0 aliphatic carbocycles. The fraction of sp³-hybridized carbons (Fsp3) is 0.250. The molecule has 0 fully saturated rings. The van der Waals surface area contributed by atoms with Gasteiger partial charge in [-0.2, -0.15) is 11.3 Å². The molecule has 2 heterocycles. The minimum absolute atomic E-state index is 0.224. The van der Waals surface area contributed by atoms with Crippen LogP contribution in [-0.4, -0.2) is 22.4 Å². The van der Waals surface area contributed by atoms with Crippen molar-refractivity contribution in [3.05, 3.63) is 34.3 Å². The maximum absolute atomic E-state index is 12.0. The largest absolute Gasteiger partial charge is 0.354 e. The van der Waals surface area contributed by atoms with E-state index in [4.69, 9.17) is 0 Å². The number of carbonyl (C=O) groups excluding carboxylic acids is 1. The van der Waals surface area contributed by atoms with E-state index in [-0.39, 0.29) is 5.91 Å². The highest BCUT2D eigenvalue weighted by Crippen LogP contribution is 2.13. The molecule has 94 valence electrons. The molecule has 2 N–H and O–H groups in total. The summed E-state index contributed by atoms with van der Waals surface area (Å²) in [4.78, 5) is 20.4. The Kier molecular flexibility index (Phi) is 3.88. The number of aromatic nitrogens is 2. The Balaban J connectivity index is 2.19. The van der Waals surface area contributed by atoms with Gasteiger partial charge >= 0.3 is 0 Å². The SMILES string of the molecule is CCNc1nc(C)cc(C(=O)Nc2ccsc2)n1. The molecule has 0 aliphatic heterocycles. The smallest absolute Gasteiger partial charge is 0.274 e. The number of nitrogens with zero attached hydrogens (tertiary/aromatic N) is 2. The molecule has 6 heteroatoms. The van der Waals surface area contributed by atoms with Crippen molar-refractivity contribution in [2.45, 2.75) is 13.8 Å². The molecule has 0 saturated carbocycles. The molecule has 2 aromatic heterocycles. The number of rotatable bonds is 4. The summed E-state index contributed by atoms with van der Waals surface area (Å²) < 4.78 is 0. The van der Waals surface area contributed by atoms with Crippen LogP contribution in [0.1, 0.15) is 23.1 Å². The van der Waals surface area contributed by atoms with Crippen molar-refractivity contribution in [3.63, 3.8) is 0 Å². The lowest BCUT2D eigenvalue weighted by Gasteiger charge is -2.06. The van der Waals surface area contributed by atoms with E-state index >= 15 is 0 Å². The Morgan fingerprint density at radius 3 is 2.94 bits per heavy atom. The number of thiophene rings is 1. The highest BCUT2D eigenvalue weighted by Gasteiger charge is 2.10. The van der Waals surface area contributed by atoms with Crippen molar-refractivity contribution in [1.82, 2.24) is 9.97 Å². The number of nitrogens with one attached hydrogen (secondary N) is 2. The van der Waals surface area contributed by atoms with Gasteiger partial charge in [-0.05, 0) is 31.4 Å². The van der Waals surface area contributed by atoms with Crippen molar-refractivity contribution in [3.8, 4) is 0 Å². The van der Waals surface area contributed by atoms with Gasteiger partial charge in [-0.25, -0.2) is 9.97 Å². The van der Waals surface area contributed by atoms with Crippen LogP contribution in [0.3, 0.4) is 0 Å². The molecule has 2 rings (SSSR count). The maximum Gasteiger partial charge on any atom is 0.274 e. The minimum Gasteiger partial charge on any atom is -0.354 e. The van der Waals surface area contributed by atoms with Gasteiger partial charge < -0.3 is 10.6 Å². The number of hydrogen-bond acceptors (Lipinski definition) is 5. The van der Waals surface area contributed by atoms with Gasteiger partial charge in [0, 0.05) is 17.6 Å². The van der Waals surface area contributed by atoms with Crippen molar-refractivity contribution >= 4 is 28.9 Å². The predicted molar refractivity (Wildman–Crippen MR) is 73.2 cm³/mol. The molecule has 0 spiro atoms. The van der Waals surface area contributed by atoms with Crippen LogP contribution in [0, 0.1) is 6.92 Å². The summed E-state index contributed by atoms with van der Waals surface area (Å²) in [5, 5.41) is 9.57. The van der Waals surface area contributed by atoms with Crippen LogP contribution >= 0.6 is 11.3 Å². The standard InChI is InChI=1S/C12H14N4OS/c1-3-13-12-14-8(2)6-10(16-12)11(17)15-9-4-5-18-7-9/h4-7H,3H2,1-2H3,(H,15,17)(H,13,14,16). The van der Waals surface area contributed by atoms with Crippen molar-refractivity contribution < 1.29 is 4.79 Å². The molecule has 0 atom stereocenters. The van der Waals surface area contributed by atoms with Gasteiger partial charge in [0.15, 0.2) is 0 Å². The summed E-state index contributed by atoms with van der Waals surface area (Å²) in [6.45, 7) is 4.51. The topological polar surface area (TPSA) is 66.9 Å². The first kappa shape index (κ1) is 12.5.